The fraction of sp³-hybridized carbons (Fsp3) is 0.538. The van der Waals surface area contributed by atoms with Crippen LogP contribution in [0.15, 0.2) is 12.2 Å². The second-order valence-electron chi connectivity index (χ2n) is 3.68. The fourth-order valence-corrected chi connectivity index (χ4v) is 1.46. The van der Waals surface area contributed by atoms with Crippen molar-refractivity contribution in [1.29, 1.82) is 21.0 Å². The molecule has 17 heavy (non-hydrogen) atoms. The van der Waals surface area contributed by atoms with Gasteiger partial charge in [0.1, 0.15) is 0 Å². The highest BCUT2D eigenvalue weighted by molar-refractivity contribution is 5.14. The number of hydrogen-bond donors (Lipinski definition) is 0. The highest BCUT2D eigenvalue weighted by Crippen LogP contribution is 2.30. The summed E-state index contributed by atoms with van der Waals surface area (Å²) in [6.07, 6.45) is 6.01. The van der Waals surface area contributed by atoms with Crippen molar-refractivity contribution in [3.8, 4) is 24.3 Å². The van der Waals surface area contributed by atoms with Gasteiger partial charge in [-0.2, -0.15) is 21.0 Å². The van der Waals surface area contributed by atoms with Gasteiger partial charge in [0.05, 0.1) is 29.7 Å². The average molecular weight is 226 g/mol. The molecule has 0 fully saturated rings. The lowest BCUT2D eigenvalue weighted by Crippen LogP contribution is -2.15. The molecule has 0 saturated carbocycles. The third-order valence-corrected chi connectivity index (χ3v) is 2.45. The molecule has 0 aliphatic heterocycles. The first-order valence-corrected chi connectivity index (χ1v) is 5.44. The molecule has 0 saturated heterocycles. The minimum atomic E-state index is -0.735. The Morgan fingerprint density at radius 2 is 1.35 bits per heavy atom. The van der Waals surface area contributed by atoms with Crippen LogP contribution >= 0.6 is 0 Å². The maximum absolute atomic E-state index is 9.20. The van der Waals surface area contributed by atoms with Crippen molar-refractivity contribution in [2.24, 2.45) is 5.41 Å². The fourth-order valence-electron chi connectivity index (χ4n) is 1.46. The van der Waals surface area contributed by atoms with Crippen LogP contribution in [0.4, 0.5) is 0 Å². The van der Waals surface area contributed by atoms with Crippen molar-refractivity contribution >= 4 is 0 Å². The van der Waals surface area contributed by atoms with E-state index >= 15 is 0 Å². The average Bonchev–Trinajstić information content (AvgIpc) is 2.37. The minimum Gasteiger partial charge on any atom is -0.198 e. The molecule has 0 unspecified atom stereocenters. The van der Waals surface area contributed by atoms with Gasteiger partial charge in [0.15, 0.2) is 0 Å². The van der Waals surface area contributed by atoms with Gasteiger partial charge < -0.3 is 0 Å². The molecule has 0 heterocycles. The zero-order chi connectivity index (χ0) is 13.0. The summed E-state index contributed by atoms with van der Waals surface area (Å²) in [5.74, 6) is 0. The number of rotatable bonds is 7. The molecule has 0 radical (unpaired) electrons. The second-order valence-corrected chi connectivity index (χ2v) is 3.68. The van der Waals surface area contributed by atoms with Gasteiger partial charge in [-0.3, -0.25) is 0 Å². The van der Waals surface area contributed by atoms with E-state index in [1.807, 2.05) is 18.2 Å². The Morgan fingerprint density at radius 3 is 1.76 bits per heavy atom. The summed E-state index contributed by atoms with van der Waals surface area (Å²) in [6.45, 7) is 0. The molecular formula is C13H14N4. The summed E-state index contributed by atoms with van der Waals surface area (Å²) >= 11 is 0. The predicted molar refractivity (Wildman–Crippen MR) is 61.7 cm³/mol. The van der Waals surface area contributed by atoms with Gasteiger partial charge in [-0.1, -0.05) is 12.2 Å². The Morgan fingerprint density at radius 1 is 0.824 bits per heavy atom. The lowest BCUT2D eigenvalue weighted by molar-refractivity contribution is 0.437. The molecule has 4 heteroatoms. The van der Waals surface area contributed by atoms with Crippen LogP contribution in [-0.2, 0) is 0 Å². The Balaban J connectivity index is 4.64. The Hall–Kier alpha value is -2.30. The Bertz CT molecular complexity index is 391. The molecule has 0 aliphatic carbocycles. The topological polar surface area (TPSA) is 95.2 Å². The summed E-state index contributed by atoms with van der Waals surface area (Å²) in [6, 6.07) is 8.24. The molecule has 86 valence electrons. The van der Waals surface area contributed by atoms with Gasteiger partial charge in [0, 0.05) is 19.3 Å². The molecule has 0 aromatic rings. The van der Waals surface area contributed by atoms with Gasteiger partial charge >= 0.3 is 0 Å². The van der Waals surface area contributed by atoms with Crippen molar-refractivity contribution in [3.05, 3.63) is 12.2 Å². The van der Waals surface area contributed by atoms with E-state index in [4.69, 9.17) is 15.8 Å². The largest absolute Gasteiger partial charge is 0.198 e. The van der Waals surface area contributed by atoms with Crippen LogP contribution in [-0.4, -0.2) is 0 Å². The van der Waals surface area contributed by atoms with Gasteiger partial charge in [-0.25, -0.2) is 0 Å². The van der Waals surface area contributed by atoms with E-state index < -0.39 is 5.41 Å². The van der Waals surface area contributed by atoms with E-state index in [2.05, 4.69) is 6.07 Å². The van der Waals surface area contributed by atoms with E-state index in [1.165, 1.54) is 0 Å². The minimum absolute atomic E-state index is 0.293. The molecule has 0 amide bonds. The lowest BCUT2D eigenvalue weighted by Gasteiger charge is -2.20. The van der Waals surface area contributed by atoms with Gasteiger partial charge in [-0.05, 0) is 19.3 Å². The summed E-state index contributed by atoms with van der Waals surface area (Å²) in [4.78, 5) is 0. The van der Waals surface area contributed by atoms with Crippen molar-refractivity contribution in [2.45, 2.75) is 38.5 Å². The number of allylic oxidation sites excluding steroid dienone is 2. The van der Waals surface area contributed by atoms with Crippen LogP contribution in [0, 0.1) is 50.7 Å². The zero-order valence-corrected chi connectivity index (χ0v) is 9.69. The van der Waals surface area contributed by atoms with Crippen LogP contribution < -0.4 is 0 Å². The van der Waals surface area contributed by atoms with Crippen molar-refractivity contribution < 1.29 is 0 Å². The van der Waals surface area contributed by atoms with E-state index in [-0.39, 0.29) is 0 Å². The summed E-state index contributed by atoms with van der Waals surface area (Å²) in [5, 5.41) is 34.7. The molecule has 0 N–H and O–H groups in total. The first kappa shape index (κ1) is 14.7. The van der Waals surface area contributed by atoms with Crippen LogP contribution in [0.3, 0.4) is 0 Å². The van der Waals surface area contributed by atoms with E-state index in [1.54, 1.807) is 12.2 Å². The van der Waals surface area contributed by atoms with Crippen LogP contribution in [0.2, 0.25) is 0 Å². The SMILES string of the molecule is N#CCC/C=C/C(C#N)(CCC#N)CCC#N. The number of hydrogen-bond acceptors (Lipinski definition) is 4. The number of unbranched alkanes of at least 4 members (excludes halogenated alkanes) is 1. The Kier molecular flexibility index (Phi) is 7.75. The Labute approximate surface area is 102 Å². The summed E-state index contributed by atoms with van der Waals surface area (Å²) in [7, 11) is 0. The molecule has 0 atom stereocenters. The van der Waals surface area contributed by atoms with E-state index in [0.717, 1.165) is 0 Å². The summed E-state index contributed by atoms with van der Waals surface area (Å²) in [5.41, 5.74) is -0.735. The molecule has 0 aromatic heterocycles. The molecule has 0 spiro atoms. The van der Waals surface area contributed by atoms with E-state index in [0.29, 0.717) is 38.5 Å². The normalized spacial score (nSPS) is 10.1. The van der Waals surface area contributed by atoms with Crippen molar-refractivity contribution in [1.82, 2.24) is 0 Å². The van der Waals surface area contributed by atoms with Crippen LogP contribution in [0.1, 0.15) is 38.5 Å². The smallest absolute Gasteiger partial charge is 0.0773 e. The van der Waals surface area contributed by atoms with Crippen molar-refractivity contribution in [2.75, 3.05) is 0 Å². The lowest BCUT2D eigenvalue weighted by atomic mass is 9.80. The maximum atomic E-state index is 9.20. The molecule has 0 rings (SSSR count). The number of nitrogens with zero attached hydrogens (tertiary/aromatic N) is 4. The second kappa shape index (κ2) is 8.96. The highest BCUT2D eigenvalue weighted by atomic mass is 14.4. The van der Waals surface area contributed by atoms with Crippen LogP contribution in [0.25, 0.3) is 0 Å². The van der Waals surface area contributed by atoms with Gasteiger partial charge in [-0.15, -0.1) is 0 Å². The van der Waals surface area contributed by atoms with Gasteiger partial charge in [0.25, 0.3) is 0 Å². The first-order chi connectivity index (χ1) is 8.24. The number of nitriles is 4. The maximum Gasteiger partial charge on any atom is 0.0773 e. The predicted octanol–water partition coefficient (Wildman–Crippen LogP) is 2.96. The zero-order valence-electron chi connectivity index (χ0n) is 9.69. The van der Waals surface area contributed by atoms with Crippen molar-refractivity contribution in [3.63, 3.8) is 0 Å². The summed E-state index contributed by atoms with van der Waals surface area (Å²) < 4.78 is 0. The molecule has 0 aromatic carbocycles. The molecule has 0 aliphatic rings. The third kappa shape index (κ3) is 5.99. The molecule has 4 nitrogen and oxygen atoms in total. The first-order valence-electron chi connectivity index (χ1n) is 5.44. The van der Waals surface area contributed by atoms with E-state index in [9.17, 15) is 5.26 Å². The quantitative estimate of drug-likeness (QED) is 0.492. The van der Waals surface area contributed by atoms with Crippen LogP contribution in [0.5, 0.6) is 0 Å². The monoisotopic (exact) mass is 226 g/mol. The highest BCUT2D eigenvalue weighted by Gasteiger charge is 2.25. The third-order valence-electron chi connectivity index (χ3n) is 2.45. The molecular weight excluding hydrogens is 212 g/mol. The molecule has 0 bridgehead atoms. The standard InChI is InChI=1S/C13H14N4/c14-9-3-1-2-6-13(12-17,7-4-10-15)8-5-11-16/h2,6H,1,3-5,7-8H2/b6-2+. The van der Waals surface area contributed by atoms with Gasteiger partial charge in [0.2, 0.25) is 0 Å².